The van der Waals surface area contributed by atoms with Crippen molar-refractivity contribution < 1.29 is 0 Å². The summed E-state index contributed by atoms with van der Waals surface area (Å²) in [6.07, 6.45) is 0. The molecule has 0 bridgehead atoms. The fraction of sp³-hybridized carbons (Fsp3) is 0.714. The molecule has 0 spiro atoms. The van der Waals surface area contributed by atoms with Crippen LogP contribution in [0.25, 0.3) is 0 Å². The molecule has 2 N–H and O–H groups in total. The van der Waals surface area contributed by atoms with Gasteiger partial charge < -0.3 is 10.6 Å². The zero-order chi connectivity index (χ0) is 14.0. The summed E-state index contributed by atoms with van der Waals surface area (Å²) in [6.45, 7) is 13.3. The van der Waals surface area contributed by atoms with Crippen LogP contribution in [0.4, 0.5) is 5.82 Å². The molecule has 0 atom stereocenters. The highest BCUT2D eigenvalue weighted by atomic mass is 15.3. The standard InChI is InChI=1S/C14H25N5/c1-10(2)18-5-7-19(8-6-18)14-13(9-15)11(3)12(4)16-17-14/h10H,5-9,15H2,1-4H3. The molecular formula is C14H25N5. The summed E-state index contributed by atoms with van der Waals surface area (Å²) in [4.78, 5) is 4.81. The first-order valence-electron chi connectivity index (χ1n) is 7.06. The van der Waals surface area contributed by atoms with Gasteiger partial charge in [-0.3, -0.25) is 4.90 Å². The summed E-state index contributed by atoms with van der Waals surface area (Å²) in [5, 5.41) is 8.64. The monoisotopic (exact) mass is 263 g/mol. The molecular weight excluding hydrogens is 238 g/mol. The minimum absolute atomic E-state index is 0.530. The van der Waals surface area contributed by atoms with Crippen molar-refractivity contribution >= 4 is 5.82 Å². The average molecular weight is 263 g/mol. The molecule has 0 unspecified atom stereocenters. The molecule has 0 amide bonds. The lowest BCUT2D eigenvalue weighted by Crippen LogP contribution is -2.49. The van der Waals surface area contributed by atoms with Crippen LogP contribution in [-0.2, 0) is 6.54 Å². The molecule has 1 aliphatic heterocycles. The second-order valence-corrected chi connectivity index (χ2v) is 5.53. The fourth-order valence-corrected chi connectivity index (χ4v) is 2.59. The number of aromatic nitrogens is 2. The van der Waals surface area contributed by atoms with Crippen molar-refractivity contribution in [1.82, 2.24) is 15.1 Å². The molecule has 5 heteroatoms. The molecule has 1 fully saturated rings. The Morgan fingerprint density at radius 2 is 1.74 bits per heavy atom. The van der Waals surface area contributed by atoms with Gasteiger partial charge >= 0.3 is 0 Å². The van der Waals surface area contributed by atoms with Gasteiger partial charge in [-0.25, -0.2) is 0 Å². The van der Waals surface area contributed by atoms with Crippen LogP contribution >= 0.6 is 0 Å². The lowest BCUT2D eigenvalue weighted by molar-refractivity contribution is 0.209. The van der Waals surface area contributed by atoms with E-state index < -0.39 is 0 Å². The van der Waals surface area contributed by atoms with E-state index in [0.717, 1.165) is 43.3 Å². The SMILES string of the molecule is Cc1nnc(N2CCN(C(C)C)CC2)c(CN)c1C. The molecule has 0 aliphatic carbocycles. The Kier molecular flexibility index (Phi) is 4.37. The third-order valence-corrected chi connectivity index (χ3v) is 4.11. The Hall–Kier alpha value is -1.20. The second kappa shape index (κ2) is 5.84. The highest BCUT2D eigenvalue weighted by molar-refractivity contribution is 5.51. The first kappa shape index (κ1) is 14.2. The van der Waals surface area contributed by atoms with Crippen LogP contribution in [0.3, 0.4) is 0 Å². The van der Waals surface area contributed by atoms with Crippen molar-refractivity contribution in [3.63, 3.8) is 0 Å². The van der Waals surface area contributed by atoms with Crippen LogP contribution < -0.4 is 10.6 Å². The molecule has 0 radical (unpaired) electrons. The van der Waals surface area contributed by atoms with Crippen LogP contribution in [-0.4, -0.2) is 47.3 Å². The van der Waals surface area contributed by atoms with E-state index in [1.54, 1.807) is 0 Å². The number of hydrogen-bond acceptors (Lipinski definition) is 5. The molecule has 106 valence electrons. The van der Waals surface area contributed by atoms with Gasteiger partial charge in [0.1, 0.15) is 0 Å². The predicted molar refractivity (Wildman–Crippen MR) is 78.3 cm³/mol. The molecule has 1 saturated heterocycles. The van der Waals surface area contributed by atoms with E-state index in [-0.39, 0.29) is 0 Å². The smallest absolute Gasteiger partial charge is 0.156 e. The summed E-state index contributed by atoms with van der Waals surface area (Å²) in [5.41, 5.74) is 9.20. The minimum Gasteiger partial charge on any atom is -0.352 e. The third kappa shape index (κ3) is 2.87. The Balaban J connectivity index is 2.18. The van der Waals surface area contributed by atoms with Crippen molar-refractivity contribution in [3.8, 4) is 0 Å². The summed E-state index contributed by atoms with van der Waals surface area (Å²) in [6, 6.07) is 0.613. The number of nitrogens with zero attached hydrogens (tertiary/aromatic N) is 4. The van der Waals surface area contributed by atoms with Gasteiger partial charge in [-0.2, -0.15) is 5.10 Å². The molecule has 19 heavy (non-hydrogen) atoms. The highest BCUT2D eigenvalue weighted by Gasteiger charge is 2.22. The number of piperazine rings is 1. The molecule has 1 aromatic rings. The van der Waals surface area contributed by atoms with Crippen molar-refractivity contribution in [2.24, 2.45) is 5.73 Å². The van der Waals surface area contributed by atoms with E-state index in [4.69, 9.17) is 5.73 Å². The topological polar surface area (TPSA) is 58.3 Å². The van der Waals surface area contributed by atoms with Gasteiger partial charge in [0.2, 0.25) is 0 Å². The summed E-state index contributed by atoms with van der Waals surface area (Å²) >= 11 is 0. The largest absolute Gasteiger partial charge is 0.352 e. The van der Waals surface area contributed by atoms with Gasteiger partial charge in [-0.1, -0.05) is 0 Å². The maximum Gasteiger partial charge on any atom is 0.156 e. The lowest BCUT2D eigenvalue weighted by atomic mass is 10.1. The zero-order valence-electron chi connectivity index (χ0n) is 12.5. The van der Waals surface area contributed by atoms with E-state index >= 15 is 0 Å². The Morgan fingerprint density at radius 3 is 2.26 bits per heavy atom. The van der Waals surface area contributed by atoms with Gasteiger partial charge in [0.15, 0.2) is 5.82 Å². The summed E-state index contributed by atoms with van der Waals surface area (Å²) < 4.78 is 0. The summed E-state index contributed by atoms with van der Waals surface area (Å²) in [5.74, 6) is 0.981. The van der Waals surface area contributed by atoms with Crippen molar-refractivity contribution in [1.29, 1.82) is 0 Å². The predicted octanol–water partition coefficient (Wildman–Crippen LogP) is 1.08. The molecule has 0 aromatic carbocycles. The maximum absolute atomic E-state index is 5.90. The van der Waals surface area contributed by atoms with Crippen LogP contribution in [0.15, 0.2) is 0 Å². The molecule has 2 heterocycles. The number of rotatable bonds is 3. The molecule has 5 nitrogen and oxygen atoms in total. The third-order valence-electron chi connectivity index (χ3n) is 4.11. The average Bonchev–Trinajstić information content (AvgIpc) is 2.41. The number of nitrogens with two attached hydrogens (primary N) is 1. The van der Waals surface area contributed by atoms with E-state index in [1.165, 1.54) is 5.56 Å². The van der Waals surface area contributed by atoms with Gasteiger partial charge in [0.25, 0.3) is 0 Å². The fourth-order valence-electron chi connectivity index (χ4n) is 2.59. The molecule has 1 aliphatic rings. The highest BCUT2D eigenvalue weighted by Crippen LogP contribution is 2.23. The van der Waals surface area contributed by atoms with Crippen molar-refractivity contribution in [3.05, 3.63) is 16.8 Å². The number of anilines is 1. The van der Waals surface area contributed by atoms with Gasteiger partial charge in [-0.15, -0.1) is 5.10 Å². The zero-order valence-corrected chi connectivity index (χ0v) is 12.5. The Morgan fingerprint density at radius 1 is 1.11 bits per heavy atom. The maximum atomic E-state index is 5.90. The lowest BCUT2D eigenvalue weighted by Gasteiger charge is -2.38. The minimum atomic E-state index is 0.530. The first-order chi connectivity index (χ1) is 9.04. The van der Waals surface area contributed by atoms with Crippen LogP contribution in [0.1, 0.15) is 30.7 Å². The molecule has 1 aromatic heterocycles. The number of hydrogen-bond donors (Lipinski definition) is 1. The van der Waals surface area contributed by atoms with E-state index in [2.05, 4.69) is 40.8 Å². The van der Waals surface area contributed by atoms with Crippen molar-refractivity contribution in [2.75, 3.05) is 31.1 Å². The van der Waals surface area contributed by atoms with E-state index in [1.807, 2.05) is 6.92 Å². The Labute approximate surface area is 115 Å². The summed E-state index contributed by atoms with van der Waals surface area (Å²) in [7, 11) is 0. The van der Waals surface area contributed by atoms with Crippen LogP contribution in [0.5, 0.6) is 0 Å². The van der Waals surface area contributed by atoms with Crippen LogP contribution in [0, 0.1) is 13.8 Å². The molecule has 0 saturated carbocycles. The first-order valence-corrected chi connectivity index (χ1v) is 7.06. The van der Waals surface area contributed by atoms with Crippen LogP contribution in [0.2, 0.25) is 0 Å². The van der Waals surface area contributed by atoms with Crippen molar-refractivity contribution in [2.45, 2.75) is 40.3 Å². The molecule has 2 rings (SSSR count). The van der Waals surface area contributed by atoms with Gasteiger partial charge in [0, 0.05) is 44.3 Å². The van der Waals surface area contributed by atoms with E-state index in [9.17, 15) is 0 Å². The Bertz CT molecular complexity index is 436. The normalized spacial score (nSPS) is 17.3. The van der Waals surface area contributed by atoms with Gasteiger partial charge in [-0.05, 0) is 33.3 Å². The second-order valence-electron chi connectivity index (χ2n) is 5.53. The van der Waals surface area contributed by atoms with E-state index in [0.29, 0.717) is 12.6 Å². The van der Waals surface area contributed by atoms with Gasteiger partial charge in [0.05, 0.1) is 5.69 Å². The quantitative estimate of drug-likeness (QED) is 0.884. The number of aryl methyl sites for hydroxylation is 1.